The summed E-state index contributed by atoms with van der Waals surface area (Å²) < 4.78 is 36.8. The highest BCUT2D eigenvalue weighted by Gasteiger charge is 2.49. The van der Waals surface area contributed by atoms with Crippen molar-refractivity contribution in [1.29, 1.82) is 0 Å². The molecule has 3 aliphatic carbocycles. The fraction of sp³-hybridized carbons (Fsp3) is 0.923. The molecule has 5 rings (SSSR count). The molecule has 5 fully saturated rings. The van der Waals surface area contributed by atoms with Crippen molar-refractivity contribution in [3.63, 3.8) is 0 Å². The zero-order valence-electron chi connectivity index (χ0n) is 21.3. The van der Waals surface area contributed by atoms with Crippen LogP contribution >= 0.6 is 0 Å². The van der Waals surface area contributed by atoms with E-state index in [0.29, 0.717) is 31.6 Å². The molecule has 0 aromatic carbocycles. The molecule has 3 unspecified atom stereocenters. The van der Waals surface area contributed by atoms with Crippen molar-refractivity contribution < 1.29 is 27.5 Å². The van der Waals surface area contributed by atoms with Crippen LogP contribution in [0.4, 0.5) is 4.79 Å². The minimum atomic E-state index is -2.94. The Balaban J connectivity index is 1.26. The van der Waals surface area contributed by atoms with Gasteiger partial charge in [-0.15, -0.1) is 0 Å². The largest absolute Gasteiger partial charge is 0.446 e. The van der Waals surface area contributed by atoms with E-state index >= 15 is 0 Å². The quantitative estimate of drug-likeness (QED) is 0.574. The third-order valence-corrected chi connectivity index (χ3v) is 12.2. The van der Waals surface area contributed by atoms with Crippen LogP contribution in [0.25, 0.3) is 0 Å². The van der Waals surface area contributed by atoms with Gasteiger partial charge in [0, 0.05) is 32.4 Å². The first kappa shape index (κ1) is 25.3. The summed E-state index contributed by atoms with van der Waals surface area (Å²) in [7, 11) is -2.94. The van der Waals surface area contributed by atoms with E-state index < -0.39 is 9.84 Å². The third-order valence-electron chi connectivity index (χ3n) is 9.39. The molecule has 0 bridgehead atoms. The summed E-state index contributed by atoms with van der Waals surface area (Å²) in [6.45, 7) is 5.42. The molecule has 3 saturated carbocycles. The number of ether oxygens (including phenoxy) is 2. The lowest BCUT2D eigenvalue weighted by Crippen LogP contribution is -2.67. The van der Waals surface area contributed by atoms with Gasteiger partial charge in [0.15, 0.2) is 9.84 Å². The summed E-state index contributed by atoms with van der Waals surface area (Å²) in [5.41, 5.74) is 0. The Bertz CT molecular complexity index is 892. The van der Waals surface area contributed by atoms with E-state index in [1.165, 1.54) is 0 Å². The van der Waals surface area contributed by atoms with Crippen molar-refractivity contribution in [2.75, 3.05) is 19.8 Å². The molecule has 4 atom stereocenters. The molecule has 35 heavy (non-hydrogen) atoms. The number of rotatable bonds is 4. The van der Waals surface area contributed by atoms with Gasteiger partial charge in [-0.05, 0) is 76.5 Å². The minimum Gasteiger partial charge on any atom is -0.446 e. The van der Waals surface area contributed by atoms with Gasteiger partial charge < -0.3 is 19.3 Å². The molecule has 198 valence electrons. The normalized spacial score (nSPS) is 37.0. The highest BCUT2D eigenvalue weighted by molar-refractivity contribution is 7.92. The summed E-state index contributed by atoms with van der Waals surface area (Å²) in [5, 5.41) is -0.228. The number of amides is 2. The average molecular weight is 511 g/mol. The van der Waals surface area contributed by atoms with Crippen LogP contribution in [0, 0.1) is 11.8 Å². The Morgan fingerprint density at radius 1 is 0.829 bits per heavy atom. The standard InChI is InChI=1S/C26H42N2O6S/c1-17-16-27(26(30)34-21-11-13-33-14-12-21)25-15-20(5-10-24(25)28(17)18(2)29)19-3-6-22(7-4-19)35(31,32)23-8-9-23/h17,19-25H,3-16H2,1-2H3/t17-,19?,20?,22?,24?,25?/m0/s1. The van der Waals surface area contributed by atoms with E-state index in [0.717, 1.165) is 70.6 Å². The molecule has 0 spiro atoms. The first-order chi connectivity index (χ1) is 16.8. The van der Waals surface area contributed by atoms with Crippen molar-refractivity contribution in [2.24, 2.45) is 11.8 Å². The third kappa shape index (κ3) is 5.22. The van der Waals surface area contributed by atoms with Crippen LogP contribution in [0.5, 0.6) is 0 Å². The van der Waals surface area contributed by atoms with Crippen LogP contribution in [0.2, 0.25) is 0 Å². The maximum Gasteiger partial charge on any atom is 0.410 e. The zero-order valence-corrected chi connectivity index (χ0v) is 22.1. The molecule has 0 aromatic rings. The first-order valence-corrected chi connectivity index (χ1v) is 15.4. The molecule has 5 aliphatic rings. The predicted octanol–water partition coefficient (Wildman–Crippen LogP) is 3.53. The van der Waals surface area contributed by atoms with Gasteiger partial charge in [-0.25, -0.2) is 13.2 Å². The summed E-state index contributed by atoms with van der Waals surface area (Å²) in [5.74, 6) is 1.04. The van der Waals surface area contributed by atoms with Crippen molar-refractivity contribution in [3.8, 4) is 0 Å². The van der Waals surface area contributed by atoms with Crippen LogP contribution in [-0.2, 0) is 24.1 Å². The second-order valence-electron chi connectivity index (χ2n) is 11.7. The number of carbonyl (C=O) groups is 2. The monoisotopic (exact) mass is 510 g/mol. The number of sulfone groups is 1. The van der Waals surface area contributed by atoms with Crippen molar-refractivity contribution in [1.82, 2.24) is 9.80 Å². The molecule has 9 heteroatoms. The SMILES string of the molecule is CC(=O)N1C2CCC(C3CCC(S(=O)(=O)C4CC4)CC3)CC2N(C(=O)OC2CCOCC2)C[C@@H]1C. The molecule has 8 nitrogen and oxygen atoms in total. The van der Waals surface area contributed by atoms with Crippen molar-refractivity contribution >= 4 is 21.8 Å². The van der Waals surface area contributed by atoms with Crippen LogP contribution in [0.1, 0.15) is 84.5 Å². The fourth-order valence-electron chi connectivity index (χ4n) is 7.40. The van der Waals surface area contributed by atoms with Gasteiger partial charge in [0.2, 0.25) is 5.91 Å². The number of hydrogen-bond acceptors (Lipinski definition) is 6. The molecule has 0 aromatic heterocycles. The number of hydrogen-bond donors (Lipinski definition) is 0. The second-order valence-corrected chi connectivity index (χ2v) is 14.2. The topological polar surface area (TPSA) is 93.2 Å². The lowest BCUT2D eigenvalue weighted by Gasteiger charge is -2.54. The van der Waals surface area contributed by atoms with Gasteiger partial charge in [-0.3, -0.25) is 4.79 Å². The summed E-state index contributed by atoms with van der Waals surface area (Å²) in [4.78, 5) is 29.8. The van der Waals surface area contributed by atoms with E-state index in [4.69, 9.17) is 9.47 Å². The molecular formula is C26H42N2O6S. The van der Waals surface area contributed by atoms with Crippen LogP contribution in [0.3, 0.4) is 0 Å². The Hall–Kier alpha value is -1.35. The smallest absolute Gasteiger partial charge is 0.410 e. The average Bonchev–Trinajstić information content (AvgIpc) is 3.70. The first-order valence-electron chi connectivity index (χ1n) is 13.8. The fourth-order valence-corrected chi connectivity index (χ4v) is 9.67. The molecule has 0 radical (unpaired) electrons. The number of nitrogens with zero attached hydrogens (tertiary/aromatic N) is 2. The Labute approximate surface area is 210 Å². The molecule has 2 amide bonds. The Morgan fingerprint density at radius 3 is 2.03 bits per heavy atom. The minimum absolute atomic E-state index is 0.0290. The van der Waals surface area contributed by atoms with Gasteiger partial charge in [0.1, 0.15) is 6.10 Å². The maximum absolute atomic E-state index is 13.3. The maximum atomic E-state index is 13.3. The van der Waals surface area contributed by atoms with Crippen LogP contribution in [0.15, 0.2) is 0 Å². The molecule has 2 aliphatic heterocycles. The molecule has 2 heterocycles. The Morgan fingerprint density at radius 2 is 1.43 bits per heavy atom. The lowest BCUT2D eigenvalue weighted by atomic mass is 9.69. The van der Waals surface area contributed by atoms with E-state index in [-0.39, 0.29) is 46.7 Å². The number of piperazine rings is 1. The highest BCUT2D eigenvalue weighted by Crippen LogP contribution is 2.45. The molecule has 0 N–H and O–H groups in total. The summed E-state index contributed by atoms with van der Waals surface area (Å²) >= 11 is 0. The van der Waals surface area contributed by atoms with Crippen LogP contribution in [-0.4, -0.2) is 84.7 Å². The predicted molar refractivity (Wildman–Crippen MR) is 132 cm³/mol. The highest BCUT2D eigenvalue weighted by atomic mass is 32.2. The summed E-state index contributed by atoms with van der Waals surface area (Å²) in [6, 6.07) is -0.0361. The van der Waals surface area contributed by atoms with Crippen molar-refractivity contribution in [3.05, 3.63) is 0 Å². The molecular weight excluding hydrogens is 468 g/mol. The van der Waals surface area contributed by atoms with E-state index in [1.54, 1.807) is 6.92 Å². The molecule has 2 saturated heterocycles. The van der Waals surface area contributed by atoms with Gasteiger partial charge in [0.05, 0.1) is 35.8 Å². The van der Waals surface area contributed by atoms with Gasteiger partial charge in [0.25, 0.3) is 0 Å². The van der Waals surface area contributed by atoms with Gasteiger partial charge >= 0.3 is 6.09 Å². The number of carbonyl (C=O) groups excluding carboxylic acids is 2. The Kier molecular flexibility index (Phi) is 7.37. The summed E-state index contributed by atoms with van der Waals surface area (Å²) in [6.07, 6.45) is 9.08. The van der Waals surface area contributed by atoms with Gasteiger partial charge in [-0.1, -0.05) is 0 Å². The van der Waals surface area contributed by atoms with E-state index in [9.17, 15) is 18.0 Å². The number of fused-ring (bicyclic) bond motifs is 1. The second kappa shape index (κ2) is 10.2. The van der Waals surface area contributed by atoms with E-state index in [2.05, 4.69) is 0 Å². The van der Waals surface area contributed by atoms with Crippen LogP contribution < -0.4 is 0 Å². The van der Waals surface area contributed by atoms with Gasteiger partial charge in [-0.2, -0.15) is 0 Å². The lowest BCUT2D eigenvalue weighted by molar-refractivity contribution is -0.143. The zero-order chi connectivity index (χ0) is 24.7. The van der Waals surface area contributed by atoms with E-state index in [1.807, 2.05) is 16.7 Å². The van der Waals surface area contributed by atoms with Crippen molar-refractivity contribution in [2.45, 2.75) is 119 Å².